The molecule has 1 aromatic heterocycles. The van der Waals surface area contributed by atoms with E-state index in [0.717, 1.165) is 35.5 Å². The van der Waals surface area contributed by atoms with E-state index in [1.807, 2.05) is 38.2 Å². The minimum Gasteiger partial charge on any atom is -0.342 e. The van der Waals surface area contributed by atoms with Crippen LogP contribution in [0, 0.1) is 13.8 Å². The van der Waals surface area contributed by atoms with Crippen molar-refractivity contribution in [2.24, 2.45) is 0 Å². The molecule has 1 atom stereocenters. The van der Waals surface area contributed by atoms with E-state index < -0.39 is 0 Å². The van der Waals surface area contributed by atoms with Crippen molar-refractivity contribution in [3.8, 4) is 10.6 Å². The van der Waals surface area contributed by atoms with Gasteiger partial charge in [-0.1, -0.05) is 31.9 Å². The van der Waals surface area contributed by atoms with Gasteiger partial charge in [0, 0.05) is 36.1 Å². The molecule has 0 aliphatic carbocycles. The smallest absolute Gasteiger partial charge is 0.254 e. The Kier molecular flexibility index (Phi) is 5.95. The number of likely N-dealkylation sites (N-methyl/N-ethyl adjacent to an activating group) is 1. The Hall–Kier alpha value is -2.21. The van der Waals surface area contributed by atoms with Crippen LogP contribution in [-0.4, -0.2) is 52.8 Å². The van der Waals surface area contributed by atoms with Crippen LogP contribution in [0.3, 0.4) is 0 Å². The first-order valence-corrected chi connectivity index (χ1v) is 10.3. The Labute approximate surface area is 165 Å². The molecule has 0 saturated carbocycles. The van der Waals surface area contributed by atoms with Crippen molar-refractivity contribution < 1.29 is 9.59 Å². The molecular weight excluding hydrogens is 358 g/mol. The third-order valence-electron chi connectivity index (χ3n) is 5.19. The average molecular weight is 386 g/mol. The number of carbonyl (C=O) groups excluding carboxylic acids is 2. The van der Waals surface area contributed by atoms with E-state index in [9.17, 15) is 9.59 Å². The van der Waals surface area contributed by atoms with Gasteiger partial charge in [0.05, 0.1) is 5.69 Å². The molecule has 5 nitrogen and oxygen atoms in total. The fraction of sp³-hybridized carbons (Fsp3) is 0.476. The highest BCUT2D eigenvalue weighted by Gasteiger charge is 2.35. The molecule has 2 amide bonds. The number of amides is 2. The quantitative estimate of drug-likeness (QED) is 0.784. The van der Waals surface area contributed by atoms with Gasteiger partial charge in [0.1, 0.15) is 11.0 Å². The Morgan fingerprint density at radius 2 is 2.07 bits per heavy atom. The minimum atomic E-state index is -0.357. The molecule has 0 N–H and O–H groups in total. The first kappa shape index (κ1) is 19.5. The lowest BCUT2D eigenvalue weighted by Crippen LogP contribution is -2.57. The summed E-state index contributed by atoms with van der Waals surface area (Å²) in [6.45, 7) is 7.32. The second-order valence-corrected chi connectivity index (χ2v) is 8.36. The lowest BCUT2D eigenvalue weighted by atomic mass is 10.0. The number of aromatic nitrogens is 1. The van der Waals surface area contributed by atoms with Crippen molar-refractivity contribution in [3.63, 3.8) is 0 Å². The Morgan fingerprint density at radius 1 is 1.30 bits per heavy atom. The van der Waals surface area contributed by atoms with Gasteiger partial charge in [-0.2, -0.15) is 0 Å². The summed E-state index contributed by atoms with van der Waals surface area (Å²) in [5.74, 6) is -0.0187. The number of nitrogens with zero attached hydrogens (tertiary/aromatic N) is 3. The van der Waals surface area contributed by atoms with Gasteiger partial charge in [-0.05, 0) is 32.4 Å². The van der Waals surface area contributed by atoms with Crippen molar-refractivity contribution in [3.05, 3.63) is 40.4 Å². The van der Waals surface area contributed by atoms with Crippen LogP contribution < -0.4 is 0 Å². The molecule has 27 heavy (non-hydrogen) atoms. The van der Waals surface area contributed by atoms with E-state index in [4.69, 9.17) is 0 Å². The maximum atomic E-state index is 13.2. The van der Waals surface area contributed by atoms with Gasteiger partial charge in [0.15, 0.2) is 0 Å². The zero-order valence-corrected chi connectivity index (χ0v) is 17.3. The second kappa shape index (κ2) is 8.21. The Balaban J connectivity index is 1.87. The number of hydrogen-bond acceptors (Lipinski definition) is 4. The maximum absolute atomic E-state index is 13.2. The van der Waals surface area contributed by atoms with E-state index in [2.05, 4.69) is 18.8 Å². The third kappa shape index (κ3) is 4.05. The van der Waals surface area contributed by atoms with E-state index in [-0.39, 0.29) is 17.9 Å². The molecule has 144 valence electrons. The van der Waals surface area contributed by atoms with E-state index >= 15 is 0 Å². The van der Waals surface area contributed by atoms with Gasteiger partial charge < -0.3 is 9.80 Å². The van der Waals surface area contributed by atoms with Gasteiger partial charge in [0.2, 0.25) is 5.91 Å². The summed E-state index contributed by atoms with van der Waals surface area (Å²) >= 11 is 1.64. The molecule has 1 aliphatic heterocycles. The largest absolute Gasteiger partial charge is 0.342 e. The molecule has 2 aromatic rings. The van der Waals surface area contributed by atoms with Gasteiger partial charge in [-0.3, -0.25) is 9.59 Å². The summed E-state index contributed by atoms with van der Waals surface area (Å²) < 4.78 is 0. The molecule has 1 aromatic carbocycles. The predicted octanol–water partition coefficient (Wildman–Crippen LogP) is 3.90. The van der Waals surface area contributed by atoms with Crippen molar-refractivity contribution in [1.29, 1.82) is 0 Å². The molecule has 0 radical (unpaired) electrons. The number of unbranched alkanes of at least 4 members (excludes halogenated alkanes) is 1. The molecule has 1 unspecified atom stereocenters. The van der Waals surface area contributed by atoms with Crippen LogP contribution in [0.4, 0.5) is 0 Å². The standard InChI is InChI=1S/C21H27N3O2S/c1-5-6-10-18-21(26)23(4)11-12-24(18)20(25)17-9-7-8-16(13-17)19-22-14(2)15(3)27-19/h7-9,13,18H,5-6,10-12H2,1-4H3. The van der Waals surface area contributed by atoms with E-state index in [1.54, 1.807) is 21.1 Å². The molecule has 6 heteroatoms. The van der Waals surface area contributed by atoms with Gasteiger partial charge in [0.25, 0.3) is 5.91 Å². The molecule has 0 bridgehead atoms. The van der Waals surface area contributed by atoms with Crippen LogP contribution in [0.1, 0.15) is 47.1 Å². The minimum absolute atomic E-state index is 0.0466. The molecule has 2 heterocycles. The summed E-state index contributed by atoms with van der Waals surface area (Å²) in [7, 11) is 1.82. The van der Waals surface area contributed by atoms with Crippen molar-refractivity contribution in [1.82, 2.24) is 14.8 Å². The first-order chi connectivity index (χ1) is 12.9. The summed E-state index contributed by atoms with van der Waals surface area (Å²) in [4.78, 5) is 35.1. The summed E-state index contributed by atoms with van der Waals surface area (Å²) in [5, 5.41) is 0.927. The van der Waals surface area contributed by atoms with E-state index in [1.165, 1.54) is 4.88 Å². The zero-order chi connectivity index (χ0) is 19.6. The first-order valence-electron chi connectivity index (χ1n) is 9.52. The van der Waals surface area contributed by atoms with Crippen LogP contribution in [0.5, 0.6) is 0 Å². The highest BCUT2D eigenvalue weighted by Crippen LogP contribution is 2.28. The predicted molar refractivity (Wildman–Crippen MR) is 109 cm³/mol. The molecular formula is C21H27N3O2S. The van der Waals surface area contributed by atoms with Crippen molar-refractivity contribution in [2.75, 3.05) is 20.1 Å². The molecule has 0 spiro atoms. The van der Waals surface area contributed by atoms with Gasteiger partial charge in [-0.25, -0.2) is 4.98 Å². The highest BCUT2D eigenvalue weighted by molar-refractivity contribution is 7.15. The number of benzene rings is 1. The SMILES string of the molecule is CCCCC1C(=O)N(C)CCN1C(=O)c1cccc(-c2nc(C)c(C)s2)c1. The normalized spacial score (nSPS) is 17.5. The lowest BCUT2D eigenvalue weighted by molar-refractivity contribution is -0.138. The molecule has 1 aliphatic rings. The number of thiazole rings is 1. The van der Waals surface area contributed by atoms with Crippen molar-refractivity contribution in [2.45, 2.75) is 46.1 Å². The molecule has 3 rings (SSSR count). The average Bonchev–Trinajstić information content (AvgIpc) is 3.01. The maximum Gasteiger partial charge on any atom is 0.254 e. The number of piperazine rings is 1. The van der Waals surface area contributed by atoms with Crippen LogP contribution in [0.2, 0.25) is 0 Å². The van der Waals surface area contributed by atoms with Crippen LogP contribution in [-0.2, 0) is 4.79 Å². The van der Waals surface area contributed by atoms with Crippen LogP contribution in [0.25, 0.3) is 10.6 Å². The number of rotatable bonds is 5. The number of carbonyl (C=O) groups is 2. The molecule has 1 saturated heterocycles. The Morgan fingerprint density at radius 3 is 2.74 bits per heavy atom. The zero-order valence-electron chi connectivity index (χ0n) is 16.5. The van der Waals surface area contributed by atoms with Crippen LogP contribution >= 0.6 is 11.3 Å². The summed E-state index contributed by atoms with van der Waals surface area (Å²) in [6, 6.07) is 7.26. The fourth-order valence-corrected chi connectivity index (χ4v) is 4.29. The third-order valence-corrected chi connectivity index (χ3v) is 6.31. The lowest BCUT2D eigenvalue weighted by Gasteiger charge is -2.39. The van der Waals surface area contributed by atoms with Gasteiger partial charge in [-0.15, -0.1) is 11.3 Å². The van der Waals surface area contributed by atoms with Crippen LogP contribution in [0.15, 0.2) is 24.3 Å². The summed E-state index contributed by atoms with van der Waals surface area (Å²) in [6.07, 6.45) is 2.66. The van der Waals surface area contributed by atoms with Gasteiger partial charge >= 0.3 is 0 Å². The monoisotopic (exact) mass is 385 g/mol. The Bertz CT molecular complexity index is 826. The van der Waals surface area contributed by atoms with E-state index in [0.29, 0.717) is 18.7 Å². The highest BCUT2D eigenvalue weighted by atomic mass is 32.1. The molecule has 1 fully saturated rings. The topological polar surface area (TPSA) is 53.5 Å². The second-order valence-electron chi connectivity index (χ2n) is 7.16. The number of aryl methyl sites for hydroxylation is 2. The number of hydrogen-bond donors (Lipinski definition) is 0. The summed E-state index contributed by atoms with van der Waals surface area (Å²) in [5.41, 5.74) is 2.60. The fourth-order valence-electron chi connectivity index (χ4n) is 3.38. The van der Waals surface area contributed by atoms with Crippen molar-refractivity contribution >= 4 is 23.2 Å².